The Kier molecular flexibility index (Phi) is 4.68. The minimum atomic E-state index is -0.215. The summed E-state index contributed by atoms with van der Waals surface area (Å²) in [5.74, 6) is 0.234. The molecule has 0 aliphatic heterocycles. The van der Waals surface area contributed by atoms with Gasteiger partial charge in [-0.15, -0.1) is 0 Å². The third kappa shape index (κ3) is 2.70. The molecule has 0 atom stereocenters. The molecular formula is C12H20FN3. The third-order valence-corrected chi connectivity index (χ3v) is 2.55. The number of anilines is 1. The molecule has 0 radical (unpaired) electrons. The van der Waals surface area contributed by atoms with E-state index in [0.29, 0.717) is 17.9 Å². The lowest BCUT2D eigenvalue weighted by atomic mass is 10.2. The predicted molar refractivity (Wildman–Crippen MR) is 65.1 cm³/mol. The molecule has 16 heavy (non-hydrogen) atoms. The van der Waals surface area contributed by atoms with E-state index in [1.807, 2.05) is 25.7 Å². The molecule has 0 aliphatic carbocycles. The largest absolute Gasteiger partial charge is 0.352 e. The molecule has 0 spiro atoms. The number of aromatic nitrogens is 1. The number of rotatable bonds is 5. The summed E-state index contributed by atoms with van der Waals surface area (Å²) in [4.78, 5) is 6.09. The summed E-state index contributed by atoms with van der Waals surface area (Å²) in [6, 6.07) is 1.96. The van der Waals surface area contributed by atoms with Crippen LogP contribution in [0.1, 0.15) is 26.3 Å². The highest BCUT2D eigenvalue weighted by Crippen LogP contribution is 2.21. The first kappa shape index (κ1) is 12.9. The van der Waals surface area contributed by atoms with Crippen molar-refractivity contribution in [1.29, 1.82) is 0 Å². The van der Waals surface area contributed by atoms with Crippen molar-refractivity contribution in [2.24, 2.45) is 0 Å². The van der Waals surface area contributed by atoms with Gasteiger partial charge in [0, 0.05) is 30.9 Å². The fourth-order valence-corrected chi connectivity index (χ4v) is 1.76. The average molecular weight is 225 g/mol. The maximum atomic E-state index is 14.1. The van der Waals surface area contributed by atoms with E-state index in [1.54, 1.807) is 19.3 Å². The highest BCUT2D eigenvalue weighted by atomic mass is 19.1. The Bertz CT molecular complexity index is 339. The number of halogens is 1. The van der Waals surface area contributed by atoms with Crippen molar-refractivity contribution in [3.63, 3.8) is 0 Å². The van der Waals surface area contributed by atoms with Gasteiger partial charge in [-0.05, 0) is 33.9 Å². The van der Waals surface area contributed by atoms with Crippen LogP contribution in [0.3, 0.4) is 0 Å². The molecule has 1 aromatic heterocycles. The zero-order chi connectivity index (χ0) is 12.1. The predicted octanol–water partition coefficient (Wildman–Crippen LogP) is 2.17. The zero-order valence-electron chi connectivity index (χ0n) is 10.4. The molecule has 1 aromatic rings. The molecule has 90 valence electrons. The van der Waals surface area contributed by atoms with Gasteiger partial charge in [0.15, 0.2) is 11.6 Å². The first-order valence-corrected chi connectivity index (χ1v) is 5.66. The van der Waals surface area contributed by atoms with Gasteiger partial charge in [-0.3, -0.25) is 0 Å². The molecule has 0 bridgehead atoms. The van der Waals surface area contributed by atoms with Crippen molar-refractivity contribution in [3.8, 4) is 0 Å². The van der Waals surface area contributed by atoms with Crippen LogP contribution in [0.4, 0.5) is 10.2 Å². The van der Waals surface area contributed by atoms with Gasteiger partial charge >= 0.3 is 0 Å². The summed E-state index contributed by atoms with van der Waals surface area (Å²) < 4.78 is 14.1. The van der Waals surface area contributed by atoms with Gasteiger partial charge in [-0.25, -0.2) is 9.37 Å². The van der Waals surface area contributed by atoms with E-state index in [2.05, 4.69) is 10.3 Å². The lowest BCUT2D eigenvalue weighted by Crippen LogP contribution is -2.32. The minimum Gasteiger partial charge on any atom is -0.352 e. The van der Waals surface area contributed by atoms with Gasteiger partial charge in [-0.2, -0.15) is 0 Å². The maximum Gasteiger partial charge on any atom is 0.170 e. The summed E-state index contributed by atoms with van der Waals surface area (Å²) in [7, 11) is 1.81. The molecule has 1 heterocycles. The molecule has 0 aliphatic rings. The maximum absolute atomic E-state index is 14.1. The number of nitrogens with one attached hydrogen (secondary N) is 1. The monoisotopic (exact) mass is 225 g/mol. The zero-order valence-corrected chi connectivity index (χ0v) is 10.4. The van der Waals surface area contributed by atoms with Crippen LogP contribution in [0.25, 0.3) is 0 Å². The van der Waals surface area contributed by atoms with Gasteiger partial charge in [-0.1, -0.05) is 0 Å². The summed E-state index contributed by atoms with van der Waals surface area (Å²) in [5, 5.41) is 2.95. The van der Waals surface area contributed by atoms with E-state index in [1.165, 1.54) is 0 Å². The third-order valence-electron chi connectivity index (χ3n) is 2.55. The van der Waals surface area contributed by atoms with Gasteiger partial charge in [0.05, 0.1) is 0 Å². The molecule has 0 fully saturated rings. The quantitative estimate of drug-likeness (QED) is 0.832. The average Bonchev–Trinajstić information content (AvgIpc) is 2.24. The van der Waals surface area contributed by atoms with Crippen molar-refractivity contribution in [1.82, 2.24) is 10.3 Å². The van der Waals surface area contributed by atoms with Crippen molar-refractivity contribution in [2.75, 3.05) is 18.5 Å². The van der Waals surface area contributed by atoms with Crippen LogP contribution in [-0.2, 0) is 6.54 Å². The number of hydrogen-bond acceptors (Lipinski definition) is 3. The van der Waals surface area contributed by atoms with E-state index in [-0.39, 0.29) is 11.9 Å². The van der Waals surface area contributed by atoms with Crippen LogP contribution in [0.5, 0.6) is 0 Å². The summed E-state index contributed by atoms with van der Waals surface area (Å²) in [6.45, 7) is 7.36. The molecule has 1 rings (SSSR count). The van der Waals surface area contributed by atoms with Gasteiger partial charge < -0.3 is 10.2 Å². The minimum absolute atomic E-state index is 0.215. The molecule has 1 N–H and O–H groups in total. The van der Waals surface area contributed by atoms with E-state index >= 15 is 0 Å². The number of nitrogens with zero attached hydrogens (tertiary/aromatic N) is 2. The summed E-state index contributed by atoms with van der Waals surface area (Å²) in [5.41, 5.74) is 0.659. The summed E-state index contributed by atoms with van der Waals surface area (Å²) in [6.07, 6.45) is 1.66. The topological polar surface area (TPSA) is 28.2 Å². The first-order chi connectivity index (χ1) is 7.61. The molecule has 0 saturated heterocycles. The highest BCUT2D eigenvalue weighted by Gasteiger charge is 2.16. The molecule has 0 saturated carbocycles. The van der Waals surface area contributed by atoms with Crippen LogP contribution < -0.4 is 10.2 Å². The fraction of sp³-hybridized carbons (Fsp3) is 0.583. The highest BCUT2D eigenvalue weighted by molar-refractivity contribution is 5.43. The van der Waals surface area contributed by atoms with E-state index in [4.69, 9.17) is 0 Å². The SMILES string of the molecule is CCN(c1nccc(CNC)c1F)C(C)C. The van der Waals surface area contributed by atoms with Crippen LogP contribution in [-0.4, -0.2) is 24.6 Å². The lowest BCUT2D eigenvalue weighted by Gasteiger charge is -2.27. The lowest BCUT2D eigenvalue weighted by molar-refractivity contribution is 0.574. The van der Waals surface area contributed by atoms with Crippen molar-refractivity contribution in [3.05, 3.63) is 23.6 Å². The van der Waals surface area contributed by atoms with Gasteiger partial charge in [0.1, 0.15) is 0 Å². The Morgan fingerprint density at radius 3 is 2.69 bits per heavy atom. The Labute approximate surface area is 96.7 Å². The van der Waals surface area contributed by atoms with Crippen LogP contribution in [0.15, 0.2) is 12.3 Å². The Morgan fingerprint density at radius 1 is 1.50 bits per heavy atom. The second-order valence-corrected chi connectivity index (χ2v) is 4.02. The first-order valence-electron chi connectivity index (χ1n) is 5.66. The Balaban J connectivity index is 3.08. The molecule has 0 aromatic carbocycles. The fourth-order valence-electron chi connectivity index (χ4n) is 1.76. The molecule has 0 unspecified atom stereocenters. The van der Waals surface area contributed by atoms with Crippen LogP contribution >= 0.6 is 0 Å². The normalized spacial score (nSPS) is 10.9. The van der Waals surface area contributed by atoms with E-state index in [9.17, 15) is 4.39 Å². The standard InChI is InChI=1S/C12H20FN3/c1-5-16(9(2)3)12-11(13)10(8-14-4)6-7-15-12/h6-7,9,14H,5,8H2,1-4H3. The van der Waals surface area contributed by atoms with E-state index < -0.39 is 0 Å². The second kappa shape index (κ2) is 5.80. The van der Waals surface area contributed by atoms with E-state index in [0.717, 1.165) is 6.54 Å². The molecule has 4 heteroatoms. The number of pyridine rings is 1. The Hall–Kier alpha value is -1.16. The smallest absolute Gasteiger partial charge is 0.170 e. The van der Waals surface area contributed by atoms with Gasteiger partial charge in [0.2, 0.25) is 0 Å². The van der Waals surface area contributed by atoms with Crippen LogP contribution in [0, 0.1) is 5.82 Å². The van der Waals surface area contributed by atoms with Crippen LogP contribution in [0.2, 0.25) is 0 Å². The summed E-state index contributed by atoms with van der Waals surface area (Å²) >= 11 is 0. The Morgan fingerprint density at radius 2 is 2.19 bits per heavy atom. The van der Waals surface area contributed by atoms with Crippen molar-refractivity contribution in [2.45, 2.75) is 33.4 Å². The number of hydrogen-bond donors (Lipinski definition) is 1. The second-order valence-electron chi connectivity index (χ2n) is 4.02. The van der Waals surface area contributed by atoms with Crippen molar-refractivity contribution >= 4 is 5.82 Å². The molecule has 0 amide bonds. The van der Waals surface area contributed by atoms with Gasteiger partial charge in [0.25, 0.3) is 0 Å². The molecule has 3 nitrogen and oxygen atoms in total. The molecular weight excluding hydrogens is 205 g/mol. The van der Waals surface area contributed by atoms with Crippen molar-refractivity contribution < 1.29 is 4.39 Å².